The number of halogens is 1. The van der Waals surface area contributed by atoms with Gasteiger partial charge in [-0.3, -0.25) is 4.79 Å². The van der Waals surface area contributed by atoms with E-state index in [0.29, 0.717) is 5.92 Å². The van der Waals surface area contributed by atoms with Crippen LogP contribution in [0.15, 0.2) is 48.5 Å². The SMILES string of the molecule is CC(C)Cc1ccc(C(NC(=O)c2ccccc2F)C(C)C)cc1. The Kier molecular flexibility index (Phi) is 6.13. The highest BCUT2D eigenvalue weighted by molar-refractivity contribution is 5.94. The minimum Gasteiger partial charge on any atom is -0.345 e. The lowest BCUT2D eigenvalue weighted by atomic mass is 9.93. The maximum atomic E-state index is 13.8. The Morgan fingerprint density at radius 3 is 2.17 bits per heavy atom. The van der Waals surface area contributed by atoms with Gasteiger partial charge in [0.2, 0.25) is 0 Å². The summed E-state index contributed by atoms with van der Waals surface area (Å²) < 4.78 is 13.8. The van der Waals surface area contributed by atoms with Gasteiger partial charge in [-0.05, 0) is 41.5 Å². The molecule has 0 radical (unpaired) electrons. The molecular formula is C21H26FNO. The molecular weight excluding hydrogens is 301 g/mol. The zero-order valence-electron chi connectivity index (χ0n) is 14.8. The summed E-state index contributed by atoms with van der Waals surface area (Å²) in [5.74, 6) is -0.0583. The van der Waals surface area contributed by atoms with Gasteiger partial charge in [-0.25, -0.2) is 4.39 Å². The van der Waals surface area contributed by atoms with Crippen molar-refractivity contribution in [1.29, 1.82) is 0 Å². The maximum absolute atomic E-state index is 13.8. The highest BCUT2D eigenvalue weighted by Gasteiger charge is 2.20. The van der Waals surface area contributed by atoms with Crippen LogP contribution in [-0.4, -0.2) is 5.91 Å². The van der Waals surface area contributed by atoms with E-state index < -0.39 is 5.82 Å². The standard InChI is InChI=1S/C21H26FNO/c1-14(2)13-16-9-11-17(12-10-16)20(15(3)4)23-21(24)18-7-5-6-8-19(18)22/h5-12,14-15,20H,13H2,1-4H3,(H,23,24). The summed E-state index contributed by atoms with van der Waals surface area (Å²) in [6.07, 6.45) is 1.04. The van der Waals surface area contributed by atoms with E-state index in [9.17, 15) is 9.18 Å². The maximum Gasteiger partial charge on any atom is 0.254 e. The molecule has 1 unspecified atom stereocenters. The van der Waals surface area contributed by atoms with Crippen molar-refractivity contribution in [3.63, 3.8) is 0 Å². The van der Waals surface area contributed by atoms with Crippen molar-refractivity contribution >= 4 is 5.91 Å². The molecule has 1 atom stereocenters. The van der Waals surface area contributed by atoms with Gasteiger partial charge in [0.25, 0.3) is 5.91 Å². The van der Waals surface area contributed by atoms with Crippen molar-refractivity contribution in [2.45, 2.75) is 40.2 Å². The Morgan fingerprint density at radius 2 is 1.62 bits per heavy atom. The van der Waals surface area contributed by atoms with Crippen LogP contribution >= 0.6 is 0 Å². The molecule has 1 N–H and O–H groups in total. The Bertz CT molecular complexity index is 676. The van der Waals surface area contributed by atoms with Gasteiger partial charge in [-0.2, -0.15) is 0 Å². The second-order valence-electron chi connectivity index (χ2n) is 7.01. The molecule has 0 spiro atoms. The van der Waals surface area contributed by atoms with E-state index in [1.165, 1.54) is 17.7 Å². The normalized spacial score (nSPS) is 12.5. The third kappa shape index (κ3) is 4.67. The number of nitrogens with one attached hydrogen (secondary N) is 1. The molecule has 128 valence electrons. The van der Waals surface area contributed by atoms with Gasteiger partial charge in [0.1, 0.15) is 5.82 Å². The summed E-state index contributed by atoms with van der Waals surface area (Å²) in [7, 11) is 0. The van der Waals surface area contributed by atoms with Crippen LogP contribution in [0, 0.1) is 17.7 Å². The van der Waals surface area contributed by atoms with Crippen LogP contribution in [0.4, 0.5) is 4.39 Å². The average molecular weight is 327 g/mol. The van der Waals surface area contributed by atoms with Crippen LogP contribution in [0.3, 0.4) is 0 Å². The van der Waals surface area contributed by atoms with Crippen molar-refractivity contribution in [2.75, 3.05) is 0 Å². The molecule has 0 heterocycles. The van der Waals surface area contributed by atoms with Crippen molar-refractivity contribution in [3.05, 3.63) is 71.0 Å². The molecule has 0 fully saturated rings. The Balaban J connectivity index is 2.18. The number of benzene rings is 2. The van der Waals surface area contributed by atoms with E-state index in [2.05, 4.69) is 43.4 Å². The fourth-order valence-electron chi connectivity index (χ4n) is 2.83. The predicted molar refractivity (Wildman–Crippen MR) is 96.4 cm³/mol. The predicted octanol–water partition coefficient (Wildman–Crippen LogP) is 5.15. The molecule has 0 bridgehead atoms. The topological polar surface area (TPSA) is 29.1 Å². The molecule has 3 heteroatoms. The minimum atomic E-state index is -0.496. The highest BCUT2D eigenvalue weighted by atomic mass is 19.1. The van der Waals surface area contributed by atoms with Gasteiger partial charge in [0, 0.05) is 0 Å². The van der Waals surface area contributed by atoms with E-state index in [-0.39, 0.29) is 23.4 Å². The van der Waals surface area contributed by atoms with Crippen LogP contribution in [-0.2, 0) is 6.42 Å². The minimum absolute atomic E-state index is 0.0829. The first-order chi connectivity index (χ1) is 11.4. The molecule has 0 saturated carbocycles. The number of carbonyl (C=O) groups excluding carboxylic acids is 1. The smallest absolute Gasteiger partial charge is 0.254 e. The van der Waals surface area contributed by atoms with Gasteiger partial charge < -0.3 is 5.32 Å². The number of hydrogen-bond acceptors (Lipinski definition) is 1. The number of amides is 1. The fourth-order valence-corrected chi connectivity index (χ4v) is 2.83. The highest BCUT2D eigenvalue weighted by Crippen LogP contribution is 2.23. The second-order valence-corrected chi connectivity index (χ2v) is 7.01. The summed E-state index contributed by atoms with van der Waals surface area (Å²) in [6.45, 7) is 8.49. The molecule has 2 nitrogen and oxygen atoms in total. The number of carbonyl (C=O) groups is 1. The molecule has 0 aromatic heterocycles. The van der Waals surface area contributed by atoms with E-state index in [1.807, 2.05) is 13.8 Å². The molecule has 1 amide bonds. The quantitative estimate of drug-likeness (QED) is 0.781. The number of hydrogen-bond donors (Lipinski definition) is 1. The van der Waals surface area contributed by atoms with Crippen molar-refractivity contribution in [3.8, 4) is 0 Å². The first kappa shape index (κ1) is 18.2. The summed E-state index contributed by atoms with van der Waals surface area (Å²) in [4.78, 5) is 12.4. The third-order valence-corrected chi connectivity index (χ3v) is 4.05. The van der Waals surface area contributed by atoms with Crippen molar-refractivity contribution in [1.82, 2.24) is 5.32 Å². The molecule has 2 rings (SSSR count). The molecule has 0 saturated heterocycles. The van der Waals surface area contributed by atoms with E-state index in [1.54, 1.807) is 12.1 Å². The van der Waals surface area contributed by atoms with Crippen LogP contribution in [0.1, 0.15) is 55.2 Å². The molecule has 0 aliphatic rings. The first-order valence-corrected chi connectivity index (χ1v) is 8.52. The fraction of sp³-hybridized carbons (Fsp3) is 0.381. The lowest BCUT2D eigenvalue weighted by Gasteiger charge is -2.23. The van der Waals surface area contributed by atoms with Crippen molar-refractivity contribution in [2.24, 2.45) is 11.8 Å². The zero-order chi connectivity index (χ0) is 17.7. The van der Waals surface area contributed by atoms with Gasteiger partial charge in [0.05, 0.1) is 11.6 Å². The van der Waals surface area contributed by atoms with Gasteiger partial charge in [-0.1, -0.05) is 64.1 Å². The monoisotopic (exact) mass is 327 g/mol. The zero-order valence-corrected chi connectivity index (χ0v) is 14.8. The summed E-state index contributed by atoms with van der Waals surface area (Å²) in [5.41, 5.74) is 2.42. The first-order valence-electron chi connectivity index (χ1n) is 8.52. The molecule has 0 aliphatic carbocycles. The van der Waals surface area contributed by atoms with Crippen LogP contribution < -0.4 is 5.32 Å². The van der Waals surface area contributed by atoms with Gasteiger partial charge >= 0.3 is 0 Å². The Hall–Kier alpha value is -2.16. The number of rotatable bonds is 6. The lowest BCUT2D eigenvalue weighted by molar-refractivity contribution is 0.0921. The Labute approximate surface area is 144 Å². The molecule has 24 heavy (non-hydrogen) atoms. The Morgan fingerprint density at radius 1 is 1.00 bits per heavy atom. The van der Waals surface area contributed by atoms with Crippen LogP contribution in [0.5, 0.6) is 0 Å². The lowest BCUT2D eigenvalue weighted by Crippen LogP contribution is -2.32. The largest absolute Gasteiger partial charge is 0.345 e. The van der Waals surface area contributed by atoms with E-state index in [4.69, 9.17) is 0 Å². The summed E-state index contributed by atoms with van der Waals surface area (Å²) in [5, 5.41) is 2.97. The van der Waals surface area contributed by atoms with Crippen molar-refractivity contribution < 1.29 is 9.18 Å². The molecule has 2 aromatic carbocycles. The van der Waals surface area contributed by atoms with Crippen LogP contribution in [0.2, 0.25) is 0 Å². The van der Waals surface area contributed by atoms with E-state index >= 15 is 0 Å². The second kappa shape index (κ2) is 8.09. The average Bonchev–Trinajstić information content (AvgIpc) is 2.53. The third-order valence-electron chi connectivity index (χ3n) is 4.05. The van der Waals surface area contributed by atoms with Gasteiger partial charge in [0.15, 0.2) is 0 Å². The van der Waals surface area contributed by atoms with Crippen LogP contribution in [0.25, 0.3) is 0 Å². The molecule has 2 aromatic rings. The summed E-state index contributed by atoms with van der Waals surface area (Å²) >= 11 is 0. The summed E-state index contributed by atoms with van der Waals surface area (Å²) in [6, 6.07) is 14.3. The molecule has 0 aliphatic heterocycles. The van der Waals surface area contributed by atoms with Gasteiger partial charge in [-0.15, -0.1) is 0 Å². The van der Waals surface area contributed by atoms with E-state index in [0.717, 1.165) is 12.0 Å².